The lowest BCUT2D eigenvalue weighted by atomic mass is 9.90. The summed E-state index contributed by atoms with van der Waals surface area (Å²) in [6.45, 7) is 5.76. The molecule has 0 fully saturated rings. The SMILES string of the molecule is CCCC(C)(C)C(=O)Sc1cc(C(=O)Cl)c(F)cc1Br. The second-order valence-electron chi connectivity index (χ2n) is 5.06. The molecule has 0 heterocycles. The third kappa shape index (κ3) is 4.30. The molecule has 0 radical (unpaired) electrons. The van der Waals surface area contributed by atoms with Gasteiger partial charge in [-0.05, 0) is 46.1 Å². The molecule has 6 heteroatoms. The van der Waals surface area contributed by atoms with Crippen LogP contribution in [0.25, 0.3) is 0 Å². The molecule has 1 rings (SSSR count). The van der Waals surface area contributed by atoms with Crippen molar-refractivity contribution in [3.8, 4) is 0 Å². The van der Waals surface area contributed by atoms with E-state index >= 15 is 0 Å². The molecule has 2 nitrogen and oxygen atoms in total. The number of carbonyl (C=O) groups excluding carboxylic acids is 2. The summed E-state index contributed by atoms with van der Waals surface area (Å²) in [5.74, 6) is -0.707. The minimum absolute atomic E-state index is 0.0281. The van der Waals surface area contributed by atoms with E-state index in [9.17, 15) is 14.0 Å². The van der Waals surface area contributed by atoms with Crippen LogP contribution < -0.4 is 0 Å². The highest BCUT2D eigenvalue weighted by molar-refractivity contribution is 9.10. The molecule has 110 valence electrons. The summed E-state index contributed by atoms with van der Waals surface area (Å²) in [6, 6.07) is 2.46. The van der Waals surface area contributed by atoms with Crippen LogP contribution in [-0.2, 0) is 4.79 Å². The summed E-state index contributed by atoms with van der Waals surface area (Å²) in [5, 5.41) is -0.906. The summed E-state index contributed by atoms with van der Waals surface area (Å²) in [6.07, 6.45) is 1.66. The molecule has 0 bridgehead atoms. The molecule has 0 aliphatic heterocycles. The molecular weight excluding hydrogens is 367 g/mol. The quantitative estimate of drug-likeness (QED) is 0.505. The summed E-state index contributed by atoms with van der Waals surface area (Å²) in [5.41, 5.74) is -0.697. The first-order valence-corrected chi connectivity index (χ1v) is 8.09. The van der Waals surface area contributed by atoms with Gasteiger partial charge < -0.3 is 0 Å². The molecule has 0 N–H and O–H groups in total. The summed E-state index contributed by atoms with van der Waals surface area (Å²) in [7, 11) is 0. The van der Waals surface area contributed by atoms with Crippen molar-refractivity contribution in [1.29, 1.82) is 0 Å². The van der Waals surface area contributed by atoms with Crippen molar-refractivity contribution in [3.05, 3.63) is 28.0 Å². The molecule has 1 aromatic rings. The van der Waals surface area contributed by atoms with E-state index in [-0.39, 0.29) is 10.7 Å². The predicted octanol–water partition coefficient (Wildman–Crippen LogP) is 5.41. The molecule has 0 unspecified atom stereocenters. The first kappa shape index (κ1) is 17.7. The second-order valence-corrected chi connectivity index (χ2v) is 7.27. The number of carbonyl (C=O) groups is 2. The van der Waals surface area contributed by atoms with E-state index in [1.165, 1.54) is 6.07 Å². The molecular formula is C14H15BrClFO2S. The molecule has 20 heavy (non-hydrogen) atoms. The van der Waals surface area contributed by atoms with Crippen molar-refractivity contribution in [1.82, 2.24) is 0 Å². The maximum absolute atomic E-state index is 13.5. The van der Waals surface area contributed by atoms with Gasteiger partial charge in [0.15, 0.2) is 5.12 Å². The van der Waals surface area contributed by atoms with Gasteiger partial charge in [0.05, 0.1) is 5.56 Å². The summed E-state index contributed by atoms with van der Waals surface area (Å²) >= 11 is 9.51. The maximum atomic E-state index is 13.5. The van der Waals surface area contributed by atoms with E-state index in [4.69, 9.17) is 11.6 Å². The molecule has 0 saturated heterocycles. The van der Waals surface area contributed by atoms with Crippen LogP contribution in [0.2, 0.25) is 0 Å². The molecule has 1 aromatic carbocycles. The molecule has 0 amide bonds. The fraction of sp³-hybridized carbons (Fsp3) is 0.429. The van der Waals surface area contributed by atoms with Crippen LogP contribution in [0.15, 0.2) is 21.5 Å². The van der Waals surface area contributed by atoms with E-state index in [0.717, 1.165) is 30.7 Å². The molecule has 0 aliphatic rings. The van der Waals surface area contributed by atoms with Gasteiger partial charge in [0, 0.05) is 14.8 Å². The van der Waals surface area contributed by atoms with Crippen LogP contribution in [-0.4, -0.2) is 10.4 Å². The summed E-state index contributed by atoms with van der Waals surface area (Å²) in [4.78, 5) is 23.9. The minimum Gasteiger partial charge on any atom is -0.286 e. The van der Waals surface area contributed by atoms with Crippen molar-refractivity contribution in [2.75, 3.05) is 0 Å². The van der Waals surface area contributed by atoms with Gasteiger partial charge in [0.1, 0.15) is 5.82 Å². The van der Waals surface area contributed by atoms with Gasteiger partial charge in [-0.2, -0.15) is 0 Å². The van der Waals surface area contributed by atoms with Crippen LogP contribution >= 0.6 is 39.3 Å². The molecule has 0 atom stereocenters. The predicted molar refractivity (Wildman–Crippen MR) is 83.8 cm³/mol. The minimum atomic E-state index is -0.878. The fourth-order valence-electron chi connectivity index (χ4n) is 1.72. The van der Waals surface area contributed by atoms with Crippen molar-refractivity contribution in [3.63, 3.8) is 0 Å². The van der Waals surface area contributed by atoms with Gasteiger partial charge in [-0.3, -0.25) is 9.59 Å². The number of rotatable bonds is 5. The highest BCUT2D eigenvalue weighted by Gasteiger charge is 2.28. The van der Waals surface area contributed by atoms with Crippen molar-refractivity contribution in [2.45, 2.75) is 38.5 Å². The van der Waals surface area contributed by atoms with E-state index in [2.05, 4.69) is 15.9 Å². The van der Waals surface area contributed by atoms with Gasteiger partial charge >= 0.3 is 0 Å². The largest absolute Gasteiger partial charge is 0.286 e. The number of hydrogen-bond donors (Lipinski definition) is 0. The molecule has 0 spiro atoms. The topological polar surface area (TPSA) is 34.1 Å². The Morgan fingerprint density at radius 3 is 2.50 bits per heavy atom. The zero-order chi connectivity index (χ0) is 15.5. The van der Waals surface area contributed by atoms with E-state index in [0.29, 0.717) is 9.37 Å². The van der Waals surface area contributed by atoms with Gasteiger partial charge in [-0.1, -0.05) is 39.0 Å². The highest BCUT2D eigenvalue weighted by Crippen LogP contribution is 2.37. The number of benzene rings is 1. The third-order valence-electron chi connectivity index (χ3n) is 2.86. The number of thioether (sulfide) groups is 1. The van der Waals surface area contributed by atoms with E-state index in [1.54, 1.807) is 0 Å². The first-order valence-electron chi connectivity index (χ1n) is 6.10. The molecule has 0 aromatic heterocycles. The van der Waals surface area contributed by atoms with Gasteiger partial charge in [-0.25, -0.2) is 4.39 Å². The van der Waals surface area contributed by atoms with Crippen molar-refractivity contribution < 1.29 is 14.0 Å². The van der Waals surface area contributed by atoms with Crippen molar-refractivity contribution >= 4 is 49.7 Å². The Labute approximate surface area is 135 Å². The lowest BCUT2D eigenvalue weighted by molar-refractivity contribution is -0.118. The maximum Gasteiger partial charge on any atom is 0.255 e. The normalized spacial score (nSPS) is 11.5. The summed E-state index contributed by atoms with van der Waals surface area (Å²) < 4.78 is 14.0. The van der Waals surface area contributed by atoms with Crippen LogP contribution in [0.3, 0.4) is 0 Å². The Morgan fingerprint density at radius 2 is 2.00 bits per heavy atom. The Bertz CT molecular complexity index is 546. The van der Waals surface area contributed by atoms with Crippen LogP contribution in [0.4, 0.5) is 4.39 Å². The highest BCUT2D eigenvalue weighted by atomic mass is 79.9. The lowest BCUT2D eigenvalue weighted by Gasteiger charge is -2.21. The molecule has 0 aliphatic carbocycles. The van der Waals surface area contributed by atoms with Crippen LogP contribution in [0.1, 0.15) is 44.0 Å². The average Bonchev–Trinajstić information content (AvgIpc) is 2.31. The smallest absolute Gasteiger partial charge is 0.255 e. The second kappa shape index (κ2) is 7.05. The zero-order valence-corrected chi connectivity index (χ0v) is 14.6. The van der Waals surface area contributed by atoms with Gasteiger partial charge in [0.25, 0.3) is 5.24 Å². The Morgan fingerprint density at radius 1 is 1.40 bits per heavy atom. The zero-order valence-electron chi connectivity index (χ0n) is 11.4. The van der Waals surface area contributed by atoms with Gasteiger partial charge in [0.2, 0.25) is 0 Å². The Kier molecular flexibility index (Phi) is 6.23. The average molecular weight is 382 g/mol. The third-order valence-corrected chi connectivity index (χ3v) is 5.28. The van der Waals surface area contributed by atoms with Crippen LogP contribution in [0, 0.1) is 11.2 Å². The van der Waals surface area contributed by atoms with E-state index in [1.807, 2.05) is 20.8 Å². The van der Waals surface area contributed by atoms with E-state index < -0.39 is 16.5 Å². The Balaban J connectivity index is 3.07. The standard InChI is InChI=1S/C14H15BrClFO2S/c1-4-5-14(2,3)13(19)20-11-6-8(12(16)18)10(17)7-9(11)15/h6-7H,4-5H2,1-3H3. The first-order chi connectivity index (χ1) is 9.19. The fourth-order valence-corrected chi connectivity index (χ4v) is 3.34. The number of halogens is 3. The lowest BCUT2D eigenvalue weighted by Crippen LogP contribution is -2.21. The van der Waals surface area contributed by atoms with Crippen LogP contribution in [0.5, 0.6) is 0 Å². The molecule has 0 saturated carbocycles. The van der Waals surface area contributed by atoms with Gasteiger partial charge in [-0.15, -0.1) is 0 Å². The number of hydrogen-bond acceptors (Lipinski definition) is 3. The Hall–Kier alpha value is -0.390. The monoisotopic (exact) mass is 380 g/mol. The van der Waals surface area contributed by atoms with Crippen molar-refractivity contribution in [2.24, 2.45) is 5.41 Å².